The summed E-state index contributed by atoms with van der Waals surface area (Å²) in [5, 5.41) is 29.9. The Hall–Kier alpha value is -10.8. The fourth-order valence-electron chi connectivity index (χ4n) is 12.0. The summed E-state index contributed by atoms with van der Waals surface area (Å²) in [5.74, 6) is -5.70. The van der Waals surface area contributed by atoms with Crippen molar-refractivity contribution in [2.45, 2.75) is 159 Å². The lowest BCUT2D eigenvalue weighted by atomic mass is 9.82. The number of carbonyl (C=O) groups excluding carboxylic acids is 8. The summed E-state index contributed by atoms with van der Waals surface area (Å²) < 4.78 is 59.6. The first-order chi connectivity index (χ1) is 53.7. The third-order valence-corrected chi connectivity index (χ3v) is 25.8. The molecule has 0 atom stereocenters. The van der Waals surface area contributed by atoms with Gasteiger partial charge in [-0.2, -0.15) is 0 Å². The van der Waals surface area contributed by atoms with Crippen molar-refractivity contribution >= 4 is 118 Å². The summed E-state index contributed by atoms with van der Waals surface area (Å²) in [6.45, 7) is 42.4. The number of allylic oxidation sites excluding steroid dienone is 3. The number of esters is 8. The maximum Gasteiger partial charge on any atom is 0.343 e. The van der Waals surface area contributed by atoms with Gasteiger partial charge >= 0.3 is 47.8 Å². The smallest absolute Gasteiger partial charge is 0.343 e. The van der Waals surface area contributed by atoms with Gasteiger partial charge in [0.1, 0.15) is 46.0 Å². The van der Waals surface area contributed by atoms with E-state index in [2.05, 4.69) is 27.7 Å². The number of fused-ring (bicyclic) bond motifs is 3. The van der Waals surface area contributed by atoms with Crippen LogP contribution in [-0.4, -0.2) is 74.2 Å². The summed E-state index contributed by atoms with van der Waals surface area (Å²) in [7, 11) is 0. The molecule has 0 aromatic heterocycles. The maximum atomic E-state index is 14.3. The highest BCUT2D eigenvalue weighted by Crippen LogP contribution is 2.64. The highest BCUT2D eigenvalue weighted by Gasteiger charge is 2.42. The Kier molecular flexibility index (Phi) is 28.3. The number of nitrogens with zero attached hydrogens (tertiary/aromatic N) is 6. The Morgan fingerprint density at radius 1 is 0.420 bits per heavy atom. The summed E-state index contributed by atoms with van der Waals surface area (Å²) in [5.41, 5.74) is -0.688. The van der Waals surface area contributed by atoms with Crippen LogP contribution in [-0.2, 0) is 49.1 Å². The second-order valence-corrected chi connectivity index (χ2v) is 34.6. The zero-order chi connectivity index (χ0) is 80.6. The number of benzene rings is 5. The second-order valence-electron chi connectivity index (χ2n) is 27.7. The van der Waals surface area contributed by atoms with E-state index in [0.717, 1.165) is 82.7 Å². The molecule has 112 heavy (non-hydrogen) atoms. The number of ether oxygens (including phenoxy) is 10. The number of carbonyl (C=O) groups is 8. The maximum absolute atomic E-state index is 14.3. The van der Waals surface area contributed by atoms with Crippen molar-refractivity contribution in [1.82, 2.24) is 0 Å². The van der Waals surface area contributed by atoms with Gasteiger partial charge < -0.3 is 47.4 Å². The molecule has 3 aliphatic heterocycles. The van der Waals surface area contributed by atoms with Crippen molar-refractivity contribution in [3.63, 3.8) is 0 Å². The minimum Gasteiger partial charge on any atom is -0.494 e. The Balaban J connectivity index is 0.772. The average Bonchev–Trinajstić information content (AvgIpc) is 1.52. The van der Waals surface area contributed by atoms with Crippen LogP contribution in [0.25, 0.3) is 14.5 Å². The van der Waals surface area contributed by atoms with Gasteiger partial charge in [0.15, 0.2) is 0 Å². The summed E-state index contributed by atoms with van der Waals surface area (Å²) in [4.78, 5) is 120. The molecule has 10 rings (SSSR count). The number of unbranched alkanes of at least 4 members (excludes halogenated alkanes) is 2. The van der Waals surface area contributed by atoms with Gasteiger partial charge in [-0.05, 0) is 161 Å². The van der Waals surface area contributed by atoms with Crippen LogP contribution in [0.3, 0.4) is 0 Å². The molecule has 3 heterocycles. The first kappa shape index (κ1) is 83.7. The molecule has 0 radical (unpaired) electrons. The molecule has 0 spiro atoms. The van der Waals surface area contributed by atoms with Gasteiger partial charge in [0.05, 0.1) is 141 Å². The fourth-order valence-corrected chi connectivity index (χ4v) is 19.5. The molecule has 0 saturated heterocycles. The molecule has 0 unspecified atom stereocenters. The van der Waals surface area contributed by atoms with Crippen molar-refractivity contribution < 1.29 is 85.7 Å². The van der Waals surface area contributed by atoms with Crippen LogP contribution >= 0.6 is 70.6 Å². The summed E-state index contributed by atoms with van der Waals surface area (Å²) in [6, 6.07) is 24.7. The molecule has 0 bridgehead atoms. The van der Waals surface area contributed by atoms with Crippen LogP contribution < -0.4 is 37.9 Å². The quantitative estimate of drug-likeness (QED) is 0.0124. The number of hydrogen-bond acceptors (Lipinski definition) is 27. The molecule has 5 aromatic carbocycles. The van der Waals surface area contributed by atoms with Crippen LogP contribution in [0.5, 0.6) is 46.0 Å². The lowest BCUT2D eigenvalue weighted by Crippen LogP contribution is -2.31. The van der Waals surface area contributed by atoms with Crippen molar-refractivity contribution in [2.24, 2.45) is 23.7 Å². The number of nitriles is 3. The van der Waals surface area contributed by atoms with E-state index in [9.17, 15) is 54.1 Å². The number of rotatable bonds is 26. The third-order valence-electron chi connectivity index (χ3n) is 18.0. The van der Waals surface area contributed by atoms with Crippen LogP contribution in [0, 0.1) is 77.4 Å². The molecule has 30 heteroatoms. The van der Waals surface area contributed by atoms with Crippen LogP contribution in [0.4, 0.5) is 0 Å². The van der Waals surface area contributed by atoms with E-state index in [1.807, 2.05) is 59.8 Å². The monoisotopic (exact) mass is 1620 g/mol. The number of thioether (sulfide) groups is 6. The van der Waals surface area contributed by atoms with Crippen LogP contribution in [0.2, 0.25) is 0 Å². The van der Waals surface area contributed by atoms with Crippen molar-refractivity contribution in [3.8, 4) is 64.2 Å². The Morgan fingerprint density at radius 2 is 0.696 bits per heavy atom. The molecule has 2 aliphatic carbocycles. The zero-order valence-electron chi connectivity index (χ0n) is 61.6. The molecule has 0 amide bonds. The predicted molar refractivity (Wildman–Crippen MR) is 418 cm³/mol. The SMILES string of the molecule is [C-]#[N+]C(C#N)=C1Sc2c(OC(=O)C3CCC(C(=O)Oc4cc(C(C)(C)C)c(OC(=O)c5ccc(OCCCCOC(=O)C=C)cc5)c5c4S/C(=C(\C#N)[N+]#[C-])S5)CC3)ccc(OC(=O)C3CCC(C(=O)Oc4cc(C(C)(C)C)c(OC(=O)c5ccc(OCCCCOC(=O)C=C)cc5)c5c4S/C(=C(/C#N)[N+]#[C-])S5)CC3)c2S1. The standard InChI is InChI=1S/C82H72N6O18S6/c1-12-62(89)99-38-16-14-36-97-51-30-26-49(27-31-51)76(95)105-64-53(81(3,4)5)40-60(68-70(64)111-79(109-68)56(43-84)87-10)103-74(93)47-22-18-45(19-23-47)72(91)101-58-34-35-59(67-66(58)107-78(108-67)55(42-83)86-9)102-73(92)46-20-24-48(25-21-46)75(94)104-61-41-54(82(6,7)8)65(71-69(61)110-80(112-71)57(44-85)88-11)106-77(96)50-28-32-52(33-29-50)98-37-15-17-39-100-63(90)13-2/h12-13,26-35,40-41,45-48H,1-2,14-25,36-39H2,3-8H3/b78-55?,79-56-,80-57+. The largest absolute Gasteiger partial charge is 0.494 e. The average molecular weight is 1620 g/mol. The number of hydrogen-bond donors (Lipinski definition) is 0. The molecule has 2 saturated carbocycles. The van der Waals surface area contributed by atoms with Gasteiger partial charge in [-0.3, -0.25) is 19.2 Å². The minimum atomic E-state index is -0.719. The lowest BCUT2D eigenvalue weighted by molar-refractivity contribution is -0.145. The van der Waals surface area contributed by atoms with Gasteiger partial charge in [-0.15, -0.1) is 0 Å². The van der Waals surface area contributed by atoms with Gasteiger partial charge in [-0.25, -0.2) is 49.5 Å². The van der Waals surface area contributed by atoms with Gasteiger partial charge in [0.25, 0.3) is 17.1 Å². The van der Waals surface area contributed by atoms with Gasteiger partial charge in [0.2, 0.25) is 0 Å². The van der Waals surface area contributed by atoms with E-state index in [0.29, 0.717) is 99.4 Å². The molecular weight excluding hydrogens is 1550 g/mol. The van der Waals surface area contributed by atoms with E-state index >= 15 is 0 Å². The topological polar surface area (TPSA) is 313 Å². The van der Waals surface area contributed by atoms with Crippen molar-refractivity contribution in [2.75, 3.05) is 26.4 Å². The van der Waals surface area contributed by atoms with E-state index < -0.39 is 82.3 Å². The van der Waals surface area contributed by atoms with E-state index in [-0.39, 0.29) is 132 Å². The highest BCUT2D eigenvalue weighted by molar-refractivity contribution is 8.25. The molecule has 0 N–H and O–H groups in total. The molecular formula is C82H72N6O18S6. The Bertz CT molecular complexity index is 4680. The third kappa shape index (κ3) is 20.5. The Morgan fingerprint density at radius 3 is 0.973 bits per heavy atom. The van der Waals surface area contributed by atoms with Crippen LogP contribution in [0.1, 0.15) is 150 Å². The molecule has 5 aliphatic rings. The predicted octanol–water partition coefficient (Wildman–Crippen LogP) is 18.6. The van der Waals surface area contributed by atoms with Gasteiger partial charge in [-0.1, -0.05) is 125 Å². The first-order valence-corrected chi connectivity index (χ1v) is 40.2. The molecule has 24 nitrogen and oxygen atoms in total. The zero-order valence-corrected chi connectivity index (χ0v) is 66.5. The van der Waals surface area contributed by atoms with E-state index in [1.54, 1.807) is 60.7 Å². The normalized spacial score (nSPS) is 18.0. The van der Waals surface area contributed by atoms with Crippen LogP contribution in [0.15, 0.2) is 157 Å². The molecule has 5 aromatic rings. The molecule has 574 valence electrons. The van der Waals surface area contributed by atoms with E-state index in [1.165, 1.54) is 12.1 Å². The second kappa shape index (κ2) is 37.9. The molecule has 2 fully saturated rings. The van der Waals surface area contributed by atoms with Gasteiger partial charge in [0, 0.05) is 23.3 Å². The highest BCUT2D eigenvalue weighted by atomic mass is 32.2. The minimum absolute atomic E-state index is 0.0914. The summed E-state index contributed by atoms with van der Waals surface area (Å²) in [6.07, 6.45) is 6.37. The summed E-state index contributed by atoms with van der Waals surface area (Å²) >= 11 is 6.24. The fraction of sp³-hybridized carbons (Fsp3) is 0.341. The Labute approximate surface area is 672 Å². The van der Waals surface area contributed by atoms with E-state index in [4.69, 9.17) is 67.1 Å². The van der Waals surface area contributed by atoms with Crippen molar-refractivity contribution in [1.29, 1.82) is 15.8 Å². The first-order valence-electron chi connectivity index (χ1n) is 35.3. The van der Waals surface area contributed by atoms with Crippen molar-refractivity contribution in [3.05, 3.63) is 184 Å². The lowest BCUT2D eigenvalue weighted by Gasteiger charge is -2.28.